The number of piperidine rings is 1. The number of benzene rings is 1. The number of ether oxygens (including phenoxy) is 2. The molecule has 10 heteroatoms. The molecule has 1 atom stereocenters. The molecule has 5 rings (SSSR count). The Labute approximate surface area is 206 Å². The van der Waals surface area contributed by atoms with Gasteiger partial charge in [-0.3, -0.25) is 0 Å². The monoisotopic (exact) mass is 532 g/mol. The Morgan fingerprint density at radius 1 is 1.15 bits per heavy atom. The van der Waals surface area contributed by atoms with Crippen LogP contribution in [0.5, 0.6) is 11.5 Å². The van der Waals surface area contributed by atoms with Crippen molar-refractivity contribution in [3.63, 3.8) is 0 Å². The molecule has 1 fully saturated rings. The number of nitrogens with zero attached hydrogens (tertiary/aromatic N) is 5. The molecule has 2 N–H and O–H groups in total. The summed E-state index contributed by atoms with van der Waals surface area (Å²) in [5, 5.41) is 0.854. The molecule has 1 saturated heterocycles. The zero-order valence-corrected chi connectivity index (χ0v) is 21.2. The van der Waals surface area contributed by atoms with Crippen LogP contribution in [0.3, 0.4) is 0 Å². The number of imidazole rings is 1. The zero-order valence-electron chi connectivity index (χ0n) is 18.8. The van der Waals surface area contributed by atoms with Gasteiger partial charge < -0.3 is 24.7 Å². The number of anilines is 1. The van der Waals surface area contributed by atoms with Gasteiger partial charge in [0.1, 0.15) is 19.5 Å². The maximum Gasteiger partial charge on any atom is 0.175 e. The molecule has 0 amide bonds. The summed E-state index contributed by atoms with van der Waals surface area (Å²) < 4.78 is 14.6. The van der Waals surface area contributed by atoms with Gasteiger partial charge in [0.25, 0.3) is 0 Å². The van der Waals surface area contributed by atoms with Gasteiger partial charge in [0, 0.05) is 22.0 Å². The molecule has 4 heterocycles. The lowest BCUT2D eigenvalue weighted by atomic mass is 9.99. The first-order valence-electron chi connectivity index (χ1n) is 11.6. The summed E-state index contributed by atoms with van der Waals surface area (Å²) >= 11 is 5.27. The average molecular weight is 533 g/mol. The van der Waals surface area contributed by atoms with Gasteiger partial charge >= 0.3 is 0 Å². The van der Waals surface area contributed by atoms with E-state index in [-0.39, 0.29) is 0 Å². The molecule has 0 aliphatic carbocycles. The highest BCUT2D eigenvalue weighted by Gasteiger charge is 2.24. The van der Waals surface area contributed by atoms with Crippen LogP contribution in [0.25, 0.3) is 11.2 Å². The number of nitrogens with two attached hydrogens (primary N) is 1. The minimum Gasteiger partial charge on any atom is -0.486 e. The van der Waals surface area contributed by atoms with E-state index in [0.717, 1.165) is 51.2 Å². The molecule has 0 saturated carbocycles. The Morgan fingerprint density at radius 2 is 1.97 bits per heavy atom. The summed E-state index contributed by atoms with van der Waals surface area (Å²) in [6.07, 6.45) is 7.62. The van der Waals surface area contributed by atoms with E-state index in [1.807, 2.05) is 12.1 Å². The lowest BCUT2D eigenvalue weighted by Gasteiger charge is -2.35. The second kappa shape index (κ2) is 10.1. The molecular formula is C23H29BrN6O2S. The number of hydrogen-bond donors (Lipinski definition) is 1. The Kier molecular flexibility index (Phi) is 6.94. The first kappa shape index (κ1) is 22.7. The van der Waals surface area contributed by atoms with Crippen molar-refractivity contribution in [3.8, 4) is 11.5 Å². The summed E-state index contributed by atoms with van der Waals surface area (Å²) in [6, 6.07) is 4.56. The van der Waals surface area contributed by atoms with Crippen LogP contribution in [-0.4, -0.2) is 56.8 Å². The first-order chi connectivity index (χ1) is 16.1. The maximum absolute atomic E-state index is 6.16. The molecule has 2 aromatic heterocycles. The average Bonchev–Trinajstić information content (AvgIpc) is 3.17. The zero-order chi connectivity index (χ0) is 22.8. The summed E-state index contributed by atoms with van der Waals surface area (Å²) in [5.74, 6) is 1.92. The SMILES string of the molecule is CCCN1CCCCC1CCn1c(Sc2cc3c(cc2Br)OCCO3)nc2c(N)ncnc21. The van der Waals surface area contributed by atoms with Gasteiger partial charge in [-0.2, -0.15) is 0 Å². The van der Waals surface area contributed by atoms with Crippen molar-refractivity contribution in [1.82, 2.24) is 24.4 Å². The van der Waals surface area contributed by atoms with Gasteiger partial charge in [-0.25, -0.2) is 15.0 Å². The largest absolute Gasteiger partial charge is 0.486 e. The fourth-order valence-electron chi connectivity index (χ4n) is 4.68. The highest BCUT2D eigenvalue weighted by atomic mass is 79.9. The predicted octanol–water partition coefficient (Wildman–Crippen LogP) is 4.75. The minimum atomic E-state index is 0.409. The summed E-state index contributed by atoms with van der Waals surface area (Å²) in [6.45, 7) is 6.58. The van der Waals surface area contributed by atoms with E-state index in [4.69, 9.17) is 20.2 Å². The van der Waals surface area contributed by atoms with Gasteiger partial charge in [-0.05, 0) is 66.8 Å². The number of fused-ring (bicyclic) bond motifs is 2. The molecule has 0 spiro atoms. The molecule has 2 aliphatic heterocycles. The predicted molar refractivity (Wildman–Crippen MR) is 133 cm³/mol. The molecule has 176 valence electrons. The van der Waals surface area contributed by atoms with Crippen LogP contribution in [-0.2, 0) is 6.54 Å². The summed E-state index contributed by atoms with van der Waals surface area (Å²) in [7, 11) is 0. The van der Waals surface area contributed by atoms with E-state index in [2.05, 4.69) is 42.3 Å². The van der Waals surface area contributed by atoms with Crippen molar-refractivity contribution >= 4 is 44.7 Å². The Bertz CT molecular complexity index is 1140. The molecule has 3 aromatic rings. The first-order valence-corrected chi connectivity index (χ1v) is 13.2. The van der Waals surface area contributed by atoms with E-state index in [1.54, 1.807) is 11.8 Å². The standard InChI is InChI=1S/C23H29BrN6O2S/c1-2-7-29-8-4-3-5-15(29)6-9-30-22-20(21(25)26-14-27-22)28-23(30)33-19-13-18-17(12-16(19)24)31-10-11-32-18/h12-15H,2-11H2,1H3,(H2,25,26,27). The third-order valence-corrected chi connectivity index (χ3v) is 8.24. The molecule has 33 heavy (non-hydrogen) atoms. The maximum atomic E-state index is 6.16. The molecule has 1 unspecified atom stereocenters. The summed E-state index contributed by atoms with van der Waals surface area (Å²) in [4.78, 5) is 17.2. The number of nitrogen functional groups attached to an aromatic ring is 1. The Balaban J connectivity index is 1.45. The lowest BCUT2D eigenvalue weighted by Crippen LogP contribution is -2.40. The number of aromatic nitrogens is 4. The van der Waals surface area contributed by atoms with Gasteiger partial charge in [-0.15, -0.1) is 0 Å². The summed E-state index contributed by atoms with van der Waals surface area (Å²) in [5.41, 5.74) is 7.61. The van der Waals surface area contributed by atoms with Gasteiger partial charge in [0.15, 0.2) is 33.6 Å². The second-order valence-corrected chi connectivity index (χ2v) is 10.3. The van der Waals surface area contributed by atoms with Crippen LogP contribution in [0.1, 0.15) is 39.0 Å². The smallest absolute Gasteiger partial charge is 0.175 e. The topological polar surface area (TPSA) is 91.3 Å². The Morgan fingerprint density at radius 3 is 2.79 bits per heavy atom. The number of likely N-dealkylation sites (tertiary alicyclic amines) is 1. The third kappa shape index (κ3) is 4.79. The number of rotatable bonds is 7. The van der Waals surface area contributed by atoms with Crippen molar-refractivity contribution in [2.75, 3.05) is 32.0 Å². The fraction of sp³-hybridized carbons (Fsp3) is 0.522. The van der Waals surface area contributed by atoms with E-state index in [1.165, 1.54) is 38.6 Å². The molecule has 0 radical (unpaired) electrons. The molecule has 2 aliphatic rings. The highest BCUT2D eigenvalue weighted by molar-refractivity contribution is 9.10. The van der Waals surface area contributed by atoms with E-state index in [0.29, 0.717) is 30.6 Å². The normalized spacial score (nSPS) is 18.7. The van der Waals surface area contributed by atoms with Crippen LogP contribution in [0.15, 0.2) is 33.0 Å². The van der Waals surface area contributed by atoms with Gasteiger partial charge in [0.05, 0.1) is 0 Å². The quantitative estimate of drug-likeness (QED) is 0.466. The minimum absolute atomic E-state index is 0.409. The van der Waals surface area contributed by atoms with Crippen LogP contribution in [0, 0.1) is 0 Å². The highest BCUT2D eigenvalue weighted by Crippen LogP contribution is 2.42. The van der Waals surface area contributed by atoms with E-state index in [9.17, 15) is 0 Å². The molecule has 1 aromatic carbocycles. The lowest BCUT2D eigenvalue weighted by molar-refractivity contribution is 0.136. The van der Waals surface area contributed by atoms with Crippen molar-refractivity contribution in [3.05, 3.63) is 22.9 Å². The van der Waals surface area contributed by atoms with Crippen LogP contribution in [0.4, 0.5) is 5.82 Å². The van der Waals surface area contributed by atoms with Crippen molar-refractivity contribution in [2.24, 2.45) is 0 Å². The van der Waals surface area contributed by atoms with Gasteiger partial charge in [-0.1, -0.05) is 25.1 Å². The van der Waals surface area contributed by atoms with Crippen molar-refractivity contribution in [2.45, 2.75) is 61.7 Å². The number of hydrogen-bond acceptors (Lipinski definition) is 8. The number of aryl methyl sites for hydroxylation is 1. The van der Waals surface area contributed by atoms with E-state index < -0.39 is 0 Å². The van der Waals surface area contributed by atoms with Crippen molar-refractivity contribution < 1.29 is 9.47 Å². The Hall–Kier alpha value is -2.04. The van der Waals surface area contributed by atoms with Gasteiger partial charge in [0.2, 0.25) is 0 Å². The van der Waals surface area contributed by atoms with Crippen molar-refractivity contribution in [1.29, 1.82) is 0 Å². The van der Waals surface area contributed by atoms with E-state index >= 15 is 0 Å². The van der Waals surface area contributed by atoms with Crippen LogP contribution >= 0.6 is 27.7 Å². The van der Waals surface area contributed by atoms with Crippen LogP contribution < -0.4 is 15.2 Å². The second-order valence-electron chi connectivity index (χ2n) is 8.48. The third-order valence-electron chi connectivity index (χ3n) is 6.27. The fourth-order valence-corrected chi connectivity index (χ4v) is 6.19. The molecular weight excluding hydrogens is 504 g/mol. The number of halogens is 1. The molecule has 0 bridgehead atoms. The van der Waals surface area contributed by atoms with Crippen LogP contribution in [0.2, 0.25) is 0 Å². The molecule has 8 nitrogen and oxygen atoms in total.